The number of carbonyl (C=O) groups is 2. The van der Waals surface area contributed by atoms with Gasteiger partial charge >= 0.3 is 11.6 Å². The van der Waals surface area contributed by atoms with Crippen LogP contribution in [0.5, 0.6) is 5.75 Å². The van der Waals surface area contributed by atoms with E-state index in [-0.39, 0.29) is 6.61 Å². The van der Waals surface area contributed by atoms with E-state index in [0.717, 1.165) is 22.1 Å². The lowest BCUT2D eigenvalue weighted by atomic mass is 10.1. The molecule has 1 aromatic heterocycles. The Labute approximate surface area is 167 Å². The second-order valence-electron chi connectivity index (χ2n) is 6.70. The molecule has 3 aromatic rings. The zero-order valence-corrected chi connectivity index (χ0v) is 16.4. The third kappa shape index (κ3) is 5.22. The predicted molar refractivity (Wildman–Crippen MR) is 108 cm³/mol. The standard InChI is InChI=1S/C22H21NO6/c1-13-4-5-16(8-14(13)2)23-20(24)11-28-22(26)12-27-17-6-7-18-15(3)9-21(25)29-19(18)10-17/h4-10H,11-12H2,1-3H3,(H,23,24). The van der Waals surface area contributed by atoms with E-state index in [1.165, 1.54) is 12.1 Å². The maximum Gasteiger partial charge on any atom is 0.344 e. The first-order valence-electron chi connectivity index (χ1n) is 9.02. The molecule has 2 aromatic carbocycles. The van der Waals surface area contributed by atoms with Crippen molar-refractivity contribution in [3.05, 3.63) is 69.6 Å². The number of nitrogens with one attached hydrogen (secondary N) is 1. The van der Waals surface area contributed by atoms with Crippen LogP contribution in [0.25, 0.3) is 11.0 Å². The van der Waals surface area contributed by atoms with Crippen molar-refractivity contribution in [2.75, 3.05) is 18.5 Å². The van der Waals surface area contributed by atoms with E-state index in [4.69, 9.17) is 13.9 Å². The highest BCUT2D eigenvalue weighted by Gasteiger charge is 2.10. The van der Waals surface area contributed by atoms with Crippen molar-refractivity contribution >= 4 is 28.5 Å². The van der Waals surface area contributed by atoms with Crippen LogP contribution in [0.15, 0.2) is 51.7 Å². The summed E-state index contributed by atoms with van der Waals surface area (Å²) in [7, 11) is 0. The van der Waals surface area contributed by atoms with Gasteiger partial charge in [-0.15, -0.1) is 0 Å². The monoisotopic (exact) mass is 395 g/mol. The molecular formula is C22H21NO6. The number of hydrogen-bond donors (Lipinski definition) is 1. The maximum atomic E-state index is 11.9. The summed E-state index contributed by atoms with van der Waals surface area (Å²) in [5, 5.41) is 3.45. The molecule has 7 heteroatoms. The molecule has 0 saturated heterocycles. The summed E-state index contributed by atoms with van der Waals surface area (Å²) >= 11 is 0. The summed E-state index contributed by atoms with van der Waals surface area (Å²) in [5.74, 6) is -0.779. The number of ether oxygens (including phenoxy) is 2. The van der Waals surface area contributed by atoms with Gasteiger partial charge < -0.3 is 19.2 Å². The van der Waals surface area contributed by atoms with Crippen LogP contribution in [0.3, 0.4) is 0 Å². The highest BCUT2D eigenvalue weighted by Crippen LogP contribution is 2.22. The molecule has 1 N–H and O–H groups in total. The summed E-state index contributed by atoms with van der Waals surface area (Å²) in [4.78, 5) is 35.2. The lowest BCUT2D eigenvalue weighted by Gasteiger charge is -2.09. The Hall–Kier alpha value is -3.61. The molecule has 1 amide bonds. The summed E-state index contributed by atoms with van der Waals surface area (Å²) in [6.45, 7) is 4.94. The van der Waals surface area contributed by atoms with Crippen molar-refractivity contribution in [2.45, 2.75) is 20.8 Å². The van der Waals surface area contributed by atoms with E-state index in [9.17, 15) is 14.4 Å². The van der Waals surface area contributed by atoms with Gasteiger partial charge in [0.25, 0.3) is 5.91 Å². The van der Waals surface area contributed by atoms with Crippen molar-refractivity contribution < 1.29 is 23.5 Å². The molecule has 0 saturated carbocycles. The van der Waals surface area contributed by atoms with Gasteiger partial charge in [0.1, 0.15) is 11.3 Å². The molecule has 7 nitrogen and oxygen atoms in total. The first kappa shape index (κ1) is 20.1. The first-order chi connectivity index (χ1) is 13.8. The van der Waals surface area contributed by atoms with Crippen LogP contribution in [0.2, 0.25) is 0 Å². The van der Waals surface area contributed by atoms with E-state index in [1.54, 1.807) is 25.1 Å². The molecule has 0 aliphatic carbocycles. The fraction of sp³-hybridized carbons (Fsp3) is 0.227. The number of rotatable bonds is 6. The Morgan fingerprint density at radius 1 is 0.931 bits per heavy atom. The Morgan fingerprint density at radius 3 is 2.48 bits per heavy atom. The molecule has 0 aliphatic rings. The Kier molecular flexibility index (Phi) is 5.97. The van der Waals surface area contributed by atoms with Crippen LogP contribution in [0, 0.1) is 20.8 Å². The fourth-order valence-corrected chi connectivity index (χ4v) is 2.74. The summed E-state index contributed by atoms with van der Waals surface area (Å²) in [6, 6.07) is 11.9. The number of fused-ring (bicyclic) bond motifs is 1. The van der Waals surface area contributed by atoms with Gasteiger partial charge in [0, 0.05) is 23.2 Å². The van der Waals surface area contributed by atoms with Crippen LogP contribution in [-0.2, 0) is 14.3 Å². The smallest absolute Gasteiger partial charge is 0.344 e. The molecule has 0 atom stereocenters. The van der Waals surface area contributed by atoms with Gasteiger partial charge in [0.05, 0.1) is 0 Å². The molecule has 0 aliphatic heterocycles. The number of benzene rings is 2. The quantitative estimate of drug-likeness (QED) is 0.508. The number of aryl methyl sites for hydroxylation is 3. The lowest BCUT2D eigenvalue weighted by molar-refractivity contribution is -0.149. The molecule has 29 heavy (non-hydrogen) atoms. The third-order valence-electron chi connectivity index (χ3n) is 4.43. The predicted octanol–water partition coefficient (Wildman–Crippen LogP) is 3.28. The van der Waals surface area contributed by atoms with E-state index in [1.807, 2.05) is 26.0 Å². The van der Waals surface area contributed by atoms with Crippen molar-refractivity contribution in [3.8, 4) is 5.75 Å². The summed E-state index contributed by atoms with van der Waals surface area (Å²) < 4.78 is 15.4. The minimum absolute atomic E-state index is 0.350. The van der Waals surface area contributed by atoms with Gasteiger partial charge in [-0.1, -0.05) is 6.07 Å². The third-order valence-corrected chi connectivity index (χ3v) is 4.43. The second-order valence-corrected chi connectivity index (χ2v) is 6.70. The molecule has 0 bridgehead atoms. The molecule has 0 radical (unpaired) electrons. The van der Waals surface area contributed by atoms with Crippen LogP contribution in [0.1, 0.15) is 16.7 Å². The molecule has 3 rings (SSSR count). The van der Waals surface area contributed by atoms with Gasteiger partial charge in [0.15, 0.2) is 13.2 Å². The fourth-order valence-electron chi connectivity index (χ4n) is 2.74. The number of amides is 1. The second kappa shape index (κ2) is 8.60. The first-order valence-corrected chi connectivity index (χ1v) is 9.02. The number of hydrogen-bond acceptors (Lipinski definition) is 6. The lowest BCUT2D eigenvalue weighted by Crippen LogP contribution is -2.23. The number of carbonyl (C=O) groups excluding carboxylic acids is 2. The largest absolute Gasteiger partial charge is 0.482 e. The van der Waals surface area contributed by atoms with Gasteiger partial charge in [-0.2, -0.15) is 0 Å². The Morgan fingerprint density at radius 2 is 1.72 bits per heavy atom. The van der Waals surface area contributed by atoms with E-state index in [0.29, 0.717) is 17.0 Å². The SMILES string of the molecule is Cc1ccc(NC(=O)COC(=O)COc2ccc3c(C)cc(=O)oc3c2)cc1C. The van der Waals surface area contributed by atoms with Crippen molar-refractivity contribution in [1.29, 1.82) is 0 Å². The minimum atomic E-state index is -0.689. The normalized spacial score (nSPS) is 10.6. The van der Waals surface area contributed by atoms with Gasteiger partial charge in [-0.3, -0.25) is 4.79 Å². The van der Waals surface area contributed by atoms with Crippen molar-refractivity contribution in [1.82, 2.24) is 0 Å². The summed E-state index contributed by atoms with van der Waals surface area (Å²) in [5.41, 5.74) is 3.51. The van der Waals surface area contributed by atoms with E-state index >= 15 is 0 Å². The zero-order valence-electron chi connectivity index (χ0n) is 16.4. The molecule has 1 heterocycles. The Balaban J connectivity index is 1.50. The van der Waals surface area contributed by atoms with E-state index < -0.39 is 24.1 Å². The Bertz CT molecular complexity index is 1130. The topological polar surface area (TPSA) is 94.8 Å². The highest BCUT2D eigenvalue weighted by atomic mass is 16.6. The molecule has 0 fully saturated rings. The number of anilines is 1. The van der Waals surface area contributed by atoms with Crippen LogP contribution in [0.4, 0.5) is 5.69 Å². The van der Waals surface area contributed by atoms with Crippen molar-refractivity contribution in [2.24, 2.45) is 0 Å². The number of esters is 1. The zero-order chi connectivity index (χ0) is 21.0. The average molecular weight is 395 g/mol. The summed E-state index contributed by atoms with van der Waals surface area (Å²) in [6.07, 6.45) is 0. The molecule has 150 valence electrons. The van der Waals surface area contributed by atoms with Crippen LogP contribution in [-0.4, -0.2) is 25.1 Å². The molecule has 0 unspecified atom stereocenters. The van der Waals surface area contributed by atoms with Crippen LogP contribution < -0.4 is 15.7 Å². The van der Waals surface area contributed by atoms with Gasteiger partial charge in [-0.25, -0.2) is 9.59 Å². The van der Waals surface area contributed by atoms with Crippen LogP contribution >= 0.6 is 0 Å². The highest BCUT2D eigenvalue weighted by molar-refractivity contribution is 5.93. The van der Waals surface area contributed by atoms with Gasteiger partial charge in [0.2, 0.25) is 0 Å². The maximum absolute atomic E-state index is 11.9. The van der Waals surface area contributed by atoms with E-state index in [2.05, 4.69) is 5.32 Å². The van der Waals surface area contributed by atoms with Crippen molar-refractivity contribution in [3.63, 3.8) is 0 Å². The average Bonchev–Trinajstić information content (AvgIpc) is 2.67. The van der Waals surface area contributed by atoms with Gasteiger partial charge in [-0.05, 0) is 61.7 Å². The minimum Gasteiger partial charge on any atom is -0.482 e. The molecule has 0 spiro atoms. The molecular weight excluding hydrogens is 374 g/mol.